The number of carboxylic acid groups (broad SMARTS) is 1. The molecule has 1 aliphatic heterocycles. The van der Waals surface area contributed by atoms with Crippen molar-refractivity contribution >= 4 is 11.9 Å². The van der Waals surface area contributed by atoms with E-state index in [9.17, 15) is 9.59 Å². The molecule has 2 heterocycles. The standard InChI is InChI=1S/C13H20N4O4/c1-3-7(2)9(13(19)20)15-11(18)10-16-12(21-17-10)8-5-4-6-14-8/h7-9,14H,3-6H2,1-2H3,(H,15,18)(H,19,20)/t7-,8?,9-/m0/s1. The van der Waals surface area contributed by atoms with Crippen LogP contribution in [0.25, 0.3) is 0 Å². The second-order valence-electron chi connectivity index (χ2n) is 5.28. The average molecular weight is 296 g/mol. The zero-order valence-corrected chi connectivity index (χ0v) is 12.1. The first-order chi connectivity index (χ1) is 10.0. The molecule has 21 heavy (non-hydrogen) atoms. The Morgan fingerprint density at radius 2 is 2.33 bits per heavy atom. The Bertz CT molecular complexity index is 510. The Hall–Kier alpha value is -1.96. The maximum atomic E-state index is 12.0. The number of amides is 1. The molecule has 3 N–H and O–H groups in total. The molecular weight excluding hydrogens is 276 g/mol. The number of carbonyl (C=O) groups excluding carboxylic acids is 1. The van der Waals surface area contributed by atoms with Crippen molar-refractivity contribution in [2.45, 2.75) is 45.2 Å². The third-order valence-corrected chi connectivity index (χ3v) is 3.77. The second kappa shape index (κ2) is 6.66. The van der Waals surface area contributed by atoms with Gasteiger partial charge in [0.15, 0.2) is 0 Å². The van der Waals surface area contributed by atoms with Crippen LogP contribution in [0.15, 0.2) is 4.52 Å². The predicted molar refractivity (Wildman–Crippen MR) is 72.6 cm³/mol. The number of hydrogen-bond acceptors (Lipinski definition) is 6. The fourth-order valence-electron chi connectivity index (χ4n) is 2.25. The number of hydrogen-bond donors (Lipinski definition) is 3. The molecule has 1 fully saturated rings. The number of rotatable bonds is 6. The van der Waals surface area contributed by atoms with E-state index in [1.54, 1.807) is 6.92 Å². The number of aliphatic carboxylic acids is 1. The van der Waals surface area contributed by atoms with E-state index in [-0.39, 0.29) is 17.8 Å². The van der Waals surface area contributed by atoms with Gasteiger partial charge in [-0.15, -0.1) is 0 Å². The van der Waals surface area contributed by atoms with Gasteiger partial charge in [-0.1, -0.05) is 25.4 Å². The fourth-order valence-corrected chi connectivity index (χ4v) is 2.25. The van der Waals surface area contributed by atoms with Crippen molar-refractivity contribution in [2.75, 3.05) is 6.54 Å². The van der Waals surface area contributed by atoms with Crippen LogP contribution in [-0.2, 0) is 4.79 Å². The van der Waals surface area contributed by atoms with Gasteiger partial charge in [0.1, 0.15) is 6.04 Å². The molecule has 0 radical (unpaired) electrons. The first-order valence-corrected chi connectivity index (χ1v) is 7.13. The summed E-state index contributed by atoms with van der Waals surface area (Å²) in [6.45, 7) is 4.51. The molecular formula is C13H20N4O4. The largest absolute Gasteiger partial charge is 0.480 e. The average Bonchev–Trinajstić information content (AvgIpc) is 3.12. The van der Waals surface area contributed by atoms with Gasteiger partial charge in [0, 0.05) is 0 Å². The number of carbonyl (C=O) groups is 2. The van der Waals surface area contributed by atoms with Crippen LogP contribution in [0.3, 0.4) is 0 Å². The minimum atomic E-state index is -1.07. The Balaban J connectivity index is 2.03. The second-order valence-corrected chi connectivity index (χ2v) is 5.28. The Labute approximate surface area is 122 Å². The summed E-state index contributed by atoms with van der Waals surface area (Å²) in [4.78, 5) is 27.3. The Morgan fingerprint density at radius 1 is 1.57 bits per heavy atom. The lowest BCUT2D eigenvalue weighted by atomic mass is 9.99. The first kappa shape index (κ1) is 15.4. The zero-order chi connectivity index (χ0) is 15.4. The number of nitrogens with zero attached hydrogens (tertiary/aromatic N) is 2. The Kier molecular flexibility index (Phi) is 4.89. The van der Waals surface area contributed by atoms with Gasteiger partial charge in [-0.25, -0.2) is 4.79 Å². The molecule has 116 valence electrons. The molecule has 0 aromatic carbocycles. The van der Waals surface area contributed by atoms with Gasteiger partial charge >= 0.3 is 5.97 Å². The minimum absolute atomic E-state index is 0.0242. The van der Waals surface area contributed by atoms with E-state index in [2.05, 4.69) is 20.8 Å². The van der Waals surface area contributed by atoms with E-state index in [1.165, 1.54) is 0 Å². The summed E-state index contributed by atoms with van der Waals surface area (Å²) in [5.41, 5.74) is 0. The molecule has 0 aliphatic carbocycles. The van der Waals surface area contributed by atoms with Crippen molar-refractivity contribution in [1.82, 2.24) is 20.8 Å². The summed E-state index contributed by atoms with van der Waals surface area (Å²) in [5, 5.41) is 18.4. The number of aromatic nitrogens is 2. The van der Waals surface area contributed by atoms with Crippen molar-refractivity contribution < 1.29 is 19.2 Å². The molecule has 1 aliphatic rings. The molecule has 0 spiro atoms. The molecule has 1 unspecified atom stereocenters. The minimum Gasteiger partial charge on any atom is -0.480 e. The van der Waals surface area contributed by atoms with Crippen LogP contribution in [0.1, 0.15) is 55.7 Å². The van der Waals surface area contributed by atoms with Crippen molar-refractivity contribution in [3.63, 3.8) is 0 Å². The maximum absolute atomic E-state index is 12.0. The monoisotopic (exact) mass is 296 g/mol. The van der Waals surface area contributed by atoms with E-state index in [0.717, 1.165) is 19.4 Å². The summed E-state index contributed by atoms with van der Waals surface area (Å²) in [6.07, 6.45) is 2.54. The lowest BCUT2D eigenvalue weighted by molar-refractivity contribution is -0.140. The highest BCUT2D eigenvalue weighted by molar-refractivity contribution is 5.93. The van der Waals surface area contributed by atoms with Crippen molar-refractivity contribution in [2.24, 2.45) is 5.92 Å². The summed E-state index contributed by atoms with van der Waals surface area (Å²) in [7, 11) is 0. The van der Waals surface area contributed by atoms with Crippen LogP contribution in [0, 0.1) is 5.92 Å². The highest BCUT2D eigenvalue weighted by Crippen LogP contribution is 2.21. The lowest BCUT2D eigenvalue weighted by Crippen LogP contribution is -2.45. The molecule has 8 nitrogen and oxygen atoms in total. The topological polar surface area (TPSA) is 117 Å². The van der Waals surface area contributed by atoms with E-state index in [1.807, 2.05) is 6.92 Å². The molecule has 1 saturated heterocycles. The molecule has 1 amide bonds. The van der Waals surface area contributed by atoms with Crippen LogP contribution in [-0.4, -0.2) is 39.7 Å². The molecule has 1 aromatic heterocycles. The molecule has 2 rings (SSSR count). The van der Waals surface area contributed by atoms with Gasteiger partial charge in [0.25, 0.3) is 11.7 Å². The van der Waals surface area contributed by atoms with Crippen LogP contribution >= 0.6 is 0 Å². The predicted octanol–water partition coefficient (Wildman–Crippen LogP) is 0.723. The van der Waals surface area contributed by atoms with Crippen molar-refractivity contribution in [1.29, 1.82) is 0 Å². The summed E-state index contributed by atoms with van der Waals surface area (Å²) in [5.74, 6) is -1.65. The van der Waals surface area contributed by atoms with E-state index < -0.39 is 17.9 Å². The van der Waals surface area contributed by atoms with Crippen LogP contribution in [0.2, 0.25) is 0 Å². The van der Waals surface area contributed by atoms with Gasteiger partial charge in [0.05, 0.1) is 6.04 Å². The maximum Gasteiger partial charge on any atom is 0.326 e. The van der Waals surface area contributed by atoms with Gasteiger partial charge in [-0.2, -0.15) is 4.98 Å². The van der Waals surface area contributed by atoms with Gasteiger partial charge in [-0.05, 0) is 25.3 Å². The third kappa shape index (κ3) is 3.57. The van der Waals surface area contributed by atoms with E-state index in [0.29, 0.717) is 12.3 Å². The molecule has 1 aromatic rings. The first-order valence-electron chi connectivity index (χ1n) is 7.13. The van der Waals surface area contributed by atoms with Crippen molar-refractivity contribution in [3.8, 4) is 0 Å². The van der Waals surface area contributed by atoms with Crippen LogP contribution in [0.5, 0.6) is 0 Å². The van der Waals surface area contributed by atoms with E-state index >= 15 is 0 Å². The molecule has 0 saturated carbocycles. The summed E-state index contributed by atoms with van der Waals surface area (Å²) in [6, 6.07) is -0.988. The van der Waals surface area contributed by atoms with Crippen LogP contribution in [0.4, 0.5) is 0 Å². The smallest absolute Gasteiger partial charge is 0.326 e. The molecule has 0 bridgehead atoms. The van der Waals surface area contributed by atoms with Crippen LogP contribution < -0.4 is 10.6 Å². The highest BCUT2D eigenvalue weighted by atomic mass is 16.5. The van der Waals surface area contributed by atoms with Gasteiger partial charge < -0.3 is 20.3 Å². The van der Waals surface area contributed by atoms with Gasteiger partial charge in [-0.3, -0.25) is 4.79 Å². The Morgan fingerprint density at radius 3 is 2.90 bits per heavy atom. The lowest BCUT2D eigenvalue weighted by Gasteiger charge is -2.18. The number of nitrogens with one attached hydrogen (secondary N) is 2. The quantitative estimate of drug-likeness (QED) is 0.708. The fraction of sp³-hybridized carbons (Fsp3) is 0.692. The number of carboxylic acids is 1. The third-order valence-electron chi connectivity index (χ3n) is 3.77. The van der Waals surface area contributed by atoms with E-state index in [4.69, 9.17) is 9.63 Å². The molecule has 8 heteroatoms. The zero-order valence-electron chi connectivity index (χ0n) is 12.1. The summed E-state index contributed by atoms with van der Waals surface area (Å²) >= 11 is 0. The normalized spacial score (nSPS) is 21.0. The van der Waals surface area contributed by atoms with Gasteiger partial charge in [0.2, 0.25) is 5.89 Å². The SMILES string of the molecule is CC[C@H](C)[C@H](NC(=O)c1noc(C2CCCN2)n1)C(=O)O. The highest BCUT2D eigenvalue weighted by Gasteiger charge is 2.29. The molecule has 3 atom stereocenters. The summed E-state index contributed by atoms with van der Waals surface area (Å²) < 4.78 is 5.07. The van der Waals surface area contributed by atoms with Crippen molar-refractivity contribution in [3.05, 3.63) is 11.7 Å².